The number of ketones is 4. The Labute approximate surface area is 234 Å². The van der Waals surface area contributed by atoms with Crippen molar-refractivity contribution in [2.45, 2.75) is 19.5 Å². The smallest absolute Gasteiger partial charge is 0.209 e. The Balaban J connectivity index is 1.34. The van der Waals surface area contributed by atoms with Gasteiger partial charge in [0, 0.05) is 44.5 Å². The number of Topliss-reactive ketones (excluding diaryl/α,β-unsaturated/α-hetero) is 3. The Morgan fingerprint density at radius 1 is 0.800 bits per heavy atom. The van der Waals surface area contributed by atoms with Gasteiger partial charge in [-0.1, -0.05) is 77.5 Å². The molecule has 0 saturated carbocycles. The topological polar surface area (TPSA) is 111 Å². The summed E-state index contributed by atoms with van der Waals surface area (Å²) in [6.45, 7) is 1.75. The van der Waals surface area contributed by atoms with Crippen LogP contribution in [0.4, 0.5) is 0 Å². The minimum atomic E-state index is -0.757. The first-order valence-electron chi connectivity index (χ1n) is 12.5. The summed E-state index contributed by atoms with van der Waals surface area (Å²) in [5.41, 5.74) is 3.35. The lowest BCUT2D eigenvalue weighted by Crippen LogP contribution is -2.28. The van der Waals surface area contributed by atoms with Crippen LogP contribution in [0, 0.1) is 0 Å². The van der Waals surface area contributed by atoms with E-state index in [2.05, 4.69) is 15.6 Å². The molecule has 1 unspecified atom stereocenters. The Kier molecular flexibility index (Phi) is 6.32. The quantitative estimate of drug-likeness (QED) is 0.362. The number of carbonyl (C=O) groups is 4. The Morgan fingerprint density at radius 3 is 2.08 bits per heavy atom. The maximum atomic E-state index is 13.7. The van der Waals surface area contributed by atoms with E-state index in [1.807, 2.05) is 0 Å². The number of halogens is 1. The second-order valence-corrected chi connectivity index (χ2v) is 9.97. The van der Waals surface area contributed by atoms with E-state index in [1.165, 1.54) is 10.8 Å². The van der Waals surface area contributed by atoms with Gasteiger partial charge in [0.25, 0.3) is 0 Å². The van der Waals surface area contributed by atoms with E-state index in [1.54, 1.807) is 85.9 Å². The summed E-state index contributed by atoms with van der Waals surface area (Å²) < 4.78 is 1.52. The molecule has 0 amide bonds. The zero-order chi connectivity index (χ0) is 28.0. The highest BCUT2D eigenvalue weighted by Gasteiger charge is 2.36. The molecular weight excluding hydrogens is 528 g/mol. The standard InChI is InChI=1S/C31H21ClN4O4/c1-17-27(31(40)24-9-5-4-8-23(24)29(17)38)28(18-10-12-19(32)13-11-18)36-16-20(34-35-36)15-33-25-14-26(37)21-6-2-3-7-22(21)30(25)39/h2-14,16,28,33H,15H2,1H3. The van der Waals surface area contributed by atoms with Gasteiger partial charge in [0.15, 0.2) is 17.3 Å². The van der Waals surface area contributed by atoms with Crippen molar-refractivity contribution in [3.05, 3.63) is 140 Å². The lowest BCUT2D eigenvalue weighted by Gasteiger charge is -2.26. The van der Waals surface area contributed by atoms with Gasteiger partial charge in [0.05, 0.1) is 18.4 Å². The highest BCUT2D eigenvalue weighted by atomic mass is 35.5. The molecule has 0 bridgehead atoms. The van der Waals surface area contributed by atoms with Crippen LogP contribution >= 0.6 is 11.6 Å². The molecule has 1 N–H and O–H groups in total. The van der Waals surface area contributed by atoms with Gasteiger partial charge in [-0.15, -0.1) is 5.10 Å². The van der Waals surface area contributed by atoms with Gasteiger partial charge in [-0.2, -0.15) is 0 Å². The van der Waals surface area contributed by atoms with Crippen LogP contribution in [0.5, 0.6) is 0 Å². The number of carbonyl (C=O) groups excluding carboxylic acids is 4. The molecule has 0 fully saturated rings. The molecule has 2 aliphatic carbocycles. The largest absolute Gasteiger partial charge is 0.376 e. The third kappa shape index (κ3) is 4.28. The molecule has 6 rings (SSSR count). The van der Waals surface area contributed by atoms with Gasteiger partial charge in [0.2, 0.25) is 5.78 Å². The third-order valence-electron chi connectivity index (χ3n) is 7.10. The van der Waals surface area contributed by atoms with Crippen molar-refractivity contribution in [2.24, 2.45) is 0 Å². The van der Waals surface area contributed by atoms with Crippen molar-refractivity contribution in [1.29, 1.82) is 0 Å². The second-order valence-electron chi connectivity index (χ2n) is 9.54. The number of rotatable bonds is 6. The highest BCUT2D eigenvalue weighted by molar-refractivity contribution is 6.30. The summed E-state index contributed by atoms with van der Waals surface area (Å²) in [5.74, 6) is -1.03. The van der Waals surface area contributed by atoms with Crippen molar-refractivity contribution >= 4 is 34.7 Å². The van der Waals surface area contributed by atoms with Gasteiger partial charge in [-0.05, 0) is 24.6 Å². The maximum absolute atomic E-state index is 13.7. The molecule has 1 aromatic heterocycles. The van der Waals surface area contributed by atoms with E-state index in [0.717, 1.165) is 0 Å². The van der Waals surface area contributed by atoms with Crippen LogP contribution in [0.1, 0.15) is 65.7 Å². The van der Waals surface area contributed by atoms with Crippen molar-refractivity contribution in [2.75, 3.05) is 0 Å². The van der Waals surface area contributed by atoms with Crippen LogP contribution < -0.4 is 5.32 Å². The van der Waals surface area contributed by atoms with Crippen molar-refractivity contribution < 1.29 is 19.2 Å². The monoisotopic (exact) mass is 548 g/mol. The number of aromatic nitrogens is 3. The van der Waals surface area contributed by atoms with E-state index in [9.17, 15) is 19.2 Å². The summed E-state index contributed by atoms with van der Waals surface area (Å²) in [5, 5.41) is 12.1. The zero-order valence-electron chi connectivity index (χ0n) is 21.2. The van der Waals surface area contributed by atoms with E-state index in [0.29, 0.717) is 49.7 Å². The predicted molar refractivity (Wildman–Crippen MR) is 147 cm³/mol. The van der Waals surface area contributed by atoms with Gasteiger partial charge in [-0.25, -0.2) is 4.68 Å². The fraction of sp³-hybridized carbons (Fsp3) is 0.0968. The predicted octanol–water partition coefficient (Wildman–Crippen LogP) is 4.97. The van der Waals surface area contributed by atoms with Crippen LogP contribution in [-0.4, -0.2) is 38.1 Å². The molecule has 9 heteroatoms. The summed E-state index contributed by atoms with van der Waals surface area (Å²) in [4.78, 5) is 52.4. The number of nitrogens with zero attached hydrogens (tertiary/aromatic N) is 3. The van der Waals surface area contributed by atoms with Crippen LogP contribution in [-0.2, 0) is 6.54 Å². The van der Waals surface area contributed by atoms with Gasteiger partial charge in [-0.3, -0.25) is 19.2 Å². The van der Waals surface area contributed by atoms with Crippen molar-refractivity contribution in [3.8, 4) is 0 Å². The van der Waals surface area contributed by atoms with Crippen LogP contribution in [0.15, 0.2) is 102 Å². The molecule has 40 heavy (non-hydrogen) atoms. The SMILES string of the molecule is CC1=C(C(c2ccc(Cl)cc2)n2cc(CNC3=CC(=O)c4ccccc4C3=O)nn2)C(=O)c2ccccc2C1=O. The van der Waals surface area contributed by atoms with E-state index in [-0.39, 0.29) is 35.4 Å². The number of benzene rings is 3. The van der Waals surface area contributed by atoms with Crippen molar-refractivity contribution in [1.82, 2.24) is 20.3 Å². The molecule has 0 aliphatic heterocycles. The van der Waals surface area contributed by atoms with Crippen LogP contribution in [0.25, 0.3) is 0 Å². The lowest BCUT2D eigenvalue weighted by atomic mass is 9.80. The fourth-order valence-electron chi connectivity index (χ4n) is 5.10. The molecule has 8 nitrogen and oxygen atoms in total. The summed E-state index contributed by atoms with van der Waals surface area (Å²) >= 11 is 6.14. The second kappa shape index (κ2) is 9.98. The fourth-order valence-corrected chi connectivity index (χ4v) is 5.22. The normalized spacial score (nSPS) is 15.5. The Hall–Kier alpha value is -4.95. The molecule has 3 aromatic carbocycles. The molecule has 0 radical (unpaired) electrons. The number of fused-ring (bicyclic) bond motifs is 2. The van der Waals surface area contributed by atoms with E-state index in [4.69, 9.17) is 11.6 Å². The number of hydrogen-bond acceptors (Lipinski definition) is 7. The first-order chi connectivity index (χ1) is 19.3. The third-order valence-corrected chi connectivity index (χ3v) is 7.36. The van der Waals surface area contributed by atoms with E-state index >= 15 is 0 Å². The molecule has 1 heterocycles. The number of hydrogen-bond donors (Lipinski definition) is 1. The molecule has 2 aliphatic rings. The number of allylic oxidation sites excluding steroid dienone is 4. The maximum Gasteiger partial charge on any atom is 0.209 e. The minimum Gasteiger partial charge on any atom is -0.376 e. The Bertz CT molecular complexity index is 1800. The van der Waals surface area contributed by atoms with Gasteiger partial charge >= 0.3 is 0 Å². The van der Waals surface area contributed by atoms with Crippen molar-refractivity contribution in [3.63, 3.8) is 0 Å². The zero-order valence-corrected chi connectivity index (χ0v) is 22.0. The summed E-state index contributed by atoms with van der Waals surface area (Å²) in [7, 11) is 0. The average Bonchev–Trinajstić information content (AvgIpc) is 3.44. The van der Waals surface area contributed by atoms with Gasteiger partial charge < -0.3 is 5.32 Å². The minimum absolute atomic E-state index is 0.105. The Morgan fingerprint density at radius 2 is 1.40 bits per heavy atom. The number of nitrogens with one attached hydrogen (secondary N) is 1. The molecule has 0 spiro atoms. The first kappa shape index (κ1) is 25.3. The van der Waals surface area contributed by atoms with E-state index < -0.39 is 6.04 Å². The summed E-state index contributed by atoms with van der Waals surface area (Å²) in [6.07, 6.45) is 2.93. The van der Waals surface area contributed by atoms with Crippen LogP contribution in [0.2, 0.25) is 5.02 Å². The highest BCUT2D eigenvalue weighted by Crippen LogP contribution is 2.36. The average molecular weight is 549 g/mol. The molecule has 0 saturated heterocycles. The molecule has 196 valence electrons. The molecular formula is C31H21ClN4O4. The summed E-state index contributed by atoms with van der Waals surface area (Å²) in [6, 6.07) is 19.6. The molecule has 4 aromatic rings. The first-order valence-corrected chi connectivity index (χ1v) is 12.9. The lowest BCUT2D eigenvalue weighted by molar-refractivity contribution is 0.0967. The van der Waals surface area contributed by atoms with Gasteiger partial charge in [0.1, 0.15) is 11.7 Å². The molecule has 1 atom stereocenters. The van der Waals surface area contributed by atoms with Crippen LogP contribution in [0.3, 0.4) is 0 Å².